The summed E-state index contributed by atoms with van der Waals surface area (Å²) < 4.78 is 6.20. The van der Waals surface area contributed by atoms with E-state index in [0.717, 1.165) is 17.7 Å². The van der Waals surface area contributed by atoms with Crippen LogP contribution in [0.25, 0.3) is 43.8 Å². The van der Waals surface area contributed by atoms with Crippen LogP contribution in [0.4, 0.5) is 0 Å². The van der Waals surface area contributed by atoms with Gasteiger partial charge < -0.3 is 9.32 Å². The molecule has 0 unspecified atom stereocenters. The Balaban J connectivity index is 1.53. The second-order valence-corrected chi connectivity index (χ2v) is 9.42. The van der Waals surface area contributed by atoms with Gasteiger partial charge in [0.2, 0.25) is 0 Å². The molecular weight excluding hydrogens is 390 g/mol. The van der Waals surface area contributed by atoms with Crippen LogP contribution in [0.2, 0.25) is 0 Å². The van der Waals surface area contributed by atoms with E-state index in [2.05, 4.69) is 111 Å². The molecule has 158 valence electrons. The minimum absolute atomic E-state index is 0.0232. The number of nitrogens with zero attached hydrogens (tertiary/aromatic N) is 1. The van der Waals surface area contributed by atoms with Gasteiger partial charge in [0.15, 0.2) is 0 Å². The molecule has 0 saturated heterocycles. The molecule has 0 radical (unpaired) electrons. The molecule has 32 heavy (non-hydrogen) atoms. The quantitative estimate of drug-likeness (QED) is 0.287. The summed E-state index contributed by atoms with van der Waals surface area (Å²) in [5.74, 6) is 0. The Bertz CT molecular complexity index is 1550. The summed E-state index contributed by atoms with van der Waals surface area (Å²) in [5, 5.41) is 4.87. The molecule has 2 heteroatoms. The van der Waals surface area contributed by atoms with Crippen LogP contribution in [-0.4, -0.2) is 4.90 Å². The summed E-state index contributed by atoms with van der Waals surface area (Å²) in [5.41, 5.74) is 8.51. The molecule has 6 rings (SSSR count). The zero-order chi connectivity index (χ0) is 22.0. The Labute approximate surface area is 188 Å². The van der Waals surface area contributed by atoms with E-state index < -0.39 is 0 Å². The van der Waals surface area contributed by atoms with Crippen LogP contribution in [0, 0.1) is 0 Å². The first-order valence-corrected chi connectivity index (χ1v) is 11.4. The maximum atomic E-state index is 6.20. The van der Waals surface area contributed by atoms with E-state index in [1.165, 1.54) is 49.5 Å². The average molecular weight is 418 g/mol. The average Bonchev–Trinajstić information content (AvgIpc) is 3.32. The van der Waals surface area contributed by atoms with Crippen LogP contribution in [0.5, 0.6) is 0 Å². The zero-order valence-corrected chi connectivity index (χ0v) is 19.1. The summed E-state index contributed by atoms with van der Waals surface area (Å²) in [4.78, 5) is 2.50. The van der Waals surface area contributed by atoms with Gasteiger partial charge in [-0.25, -0.2) is 0 Å². The Morgan fingerprint density at radius 2 is 1.62 bits per heavy atom. The normalized spacial score (nSPS) is 15.8. The Hall–Kier alpha value is -3.52. The third-order valence-corrected chi connectivity index (χ3v) is 7.31. The van der Waals surface area contributed by atoms with Gasteiger partial charge in [0.05, 0.1) is 5.54 Å². The molecule has 0 atom stereocenters. The first-order valence-electron chi connectivity index (χ1n) is 11.4. The molecule has 1 aliphatic heterocycles. The van der Waals surface area contributed by atoms with E-state index in [9.17, 15) is 0 Å². The zero-order valence-electron chi connectivity index (χ0n) is 19.1. The topological polar surface area (TPSA) is 16.4 Å². The molecule has 5 aromatic rings. The van der Waals surface area contributed by atoms with Crippen molar-refractivity contribution in [2.45, 2.75) is 39.8 Å². The minimum atomic E-state index is -0.0232. The summed E-state index contributed by atoms with van der Waals surface area (Å²) in [6.07, 6.45) is 2.21. The van der Waals surface area contributed by atoms with Crippen LogP contribution >= 0.6 is 0 Å². The fraction of sp³-hybridized carbons (Fsp3) is 0.200. The van der Waals surface area contributed by atoms with E-state index in [4.69, 9.17) is 4.42 Å². The Morgan fingerprint density at radius 3 is 2.47 bits per heavy atom. The summed E-state index contributed by atoms with van der Waals surface area (Å²) in [6.45, 7) is 9.95. The van der Waals surface area contributed by atoms with Crippen molar-refractivity contribution in [3.05, 3.63) is 95.7 Å². The van der Waals surface area contributed by atoms with Crippen molar-refractivity contribution in [2.75, 3.05) is 0 Å². The standard InChI is InChI=1S/C30H27NO/c1-5-19(2)31-18-23-11-10-22(17-26(23)30(31,3)4)21-13-14-27-25(16-21)29-24-9-7-6-8-20(24)12-15-28(29)32-27/h5-17H,18H2,1-4H3/b19-5-. The number of hydrogen-bond donors (Lipinski definition) is 0. The number of benzene rings is 4. The molecule has 1 aliphatic rings. The predicted octanol–water partition coefficient (Wildman–Crippen LogP) is 8.38. The molecule has 0 spiro atoms. The van der Waals surface area contributed by atoms with Gasteiger partial charge in [-0.05, 0) is 85.0 Å². The summed E-state index contributed by atoms with van der Waals surface area (Å²) in [7, 11) is 0. The maximum absolute atomic E-state index is 6.20. The van der Waals surface area contributed by atoms with Crippen LogP contribution in [-0.2, 0) is 12.1 Å². The highest BCUT2D eigenvalue weighted by atomic mass is 16.3. The van der Waals surface area contributed by atoms with Crippen LogP contribution in [0.1, 0.15) is 38.8 Å². The predicted molar refractivity (Wildman–Crippen MR) is 135 cm³/mol. The third-order valence-electron chi connectivity index (χ3n) is 7.31. The maximum Gasteiger partial charge on any atom is 0.136 e. The van der Waals surface area contributed by atoms with Crippen LogP contribution < -0.4 is 0 Å². The first-order chi connectivity index (χ1) is 15.5. The first kappa shape index (κ1) is 19.2. The highest BCUT2D eigenvalue weighted by Crippen LogP contribution is 2.43. The van der Waals surface area contributed by atoms with Gasteiger partial charge in [-0.15, -0.1) is 0 Å². The molecule has 2 nitrogen and oxygen atoms in total. The van der Waals surface area contributed by atoms with Gasteiger partial charge in [0.1, 0.15) is 11.2 Å². The molecular formula is C30H27NO. The molecule has 0 fully saturated rings. The smallest absolute Gasteiger partial charge is 0.136 e. The van der Waals surface area contributed by atoms with Crippen molar-refractivity contribution in [3.63, 3.8) is 0 Å². The lowest BCUT2D eigenvalue weighted by atomic mass is 9.90. The van der Waals surface area contributed by atoms with E-state index in [-0.39, 0.29) is 5.54 Å². The fourth-order valence-electron chi connectivity index (χ4n) is 5.43. The van der Waals surface area contributed by atoms with Crippen molar-refractivity contribution in [1.29, 1.82) is 0 Å². The van der Waals surface area contributed by atoms with Crippen molar-refractivity contribution in [3.8, 4) is 11.1 Å². The van der Waals surface area contributed by atoms with Gasteiger partial charge in [0, 0.05) is 23.0 Å². The molecule has 2 heterocycles. The van der Waals surface area contributed by atoms with Crippen LogP contribution in [0.15, 0.2) is 89.0 Å². The number of allylic oxidation sites excluding steroid dienone is 2. The summed E-state index contributed by atoms with van der Waals surface area (Å²) >= 11 is 0. The van der Waals surface area contributed by atoms with Gasteiger partial charge in [-0.2, -0.15) is 0 Å². The molecule has 0 amide bonds. The van der Waals surface area contributed by atoms with E-state index in [1.54, 1.807) is 0 Å². The van der Waals surface area contributed by atoms with Gasteiger partial charge >= 0.3 is 0 Å². The number of fused-ring (bicyclic) bond motifs is 6. The van der Waals surface area contributed by atoms with Crippen molar-refractivity contribution < 1.29 is 4.42 Å². The number of rotatable bonds is 2. The van der Waals surface area contributed by atoms with E-state index in [0.29, 0.717) is 0 Å². The Kier molecular flexibility index (Phi) is 4.04. The van der Waals surface area contributed by atoms with Crippen molar-refractivity contribution in [2.24, 2.45) is 0 Å². The number of furan rings is 1. The molecule has 0 saturated carbocycles. The van der Waals surface area contributed by atoms with E-state index >= 15 is 0 Å². The van der Waals surface area contributed by atoms with Crippen LogP contribution in [0.3, 0.4) is 0 Å². The SMILES string of the molecule is C/C=C(/C)N1Cc2ccc(-c3ccc4oc5ccc6ccccc6c5c4c3)cc2C1(C)C. The van der Waals surface area contributed by atoms with Gasteiger partial charge in [0.25, 0.3) is 0 Å². The lowest BCUT2D eigenvalue weighted by Crippen LogP contribution is -2.33. The molecule has 0 aliphatic carbocycles. The lowest BCUT2D eigenvalue weighted by molar-refractivity contribution is 0.188. The Morgan fingerprint density at radius 1 is 0.875 bits per heavy atom. The highest BCUT2D eigenvalue weighted by Gasteiger charge is 2.37. The molecule has 1 aromatic heterocycles. The largest absolute Gasteiger partial charge is 0.456 e. The highest BCUT2D eigenvalue weighted by molar-refractivity contribution is 6.19. The van der Waals surface area contributed by atoms with Gasteiger partial charge in [-0.3, -0.25) is 0 Å². The molecule has 0 bridgehead atoms. The third kappa shape index (κ3) is 2.65. The van der Waals surface area contributed by atoms with Crippen molar-refractivity contribution >= 4 is 32.7 Å². The number of hydrogen-bond acceptors (Lipinski definition) is 2. The molecule has 0 N–H and O–H groups in total. The molecule has 4 aromatic carbocycles. The van der Waals surface area contributed by atoms with Gasteiger partial charge in [-0.1, -0.05) is 54.6 Å². The second kappa shape index (κ2) is 6.74. The second-order valence-electron chi connectivity index (χ2n) is 9.42. The fourth-order valence-corrected chi connectivity index (χ4v) is 5.43. The lowest BCUT2D eigenvalue weighted by Gasteiger charge is -2.35. The van der Waals surface area contributed by atoms with Crippen molar-refractivity contribution in [1.82, 2.24) is 4.90 Å². The van der Waals surface area contributed by atoms with E-state index in [1.807, 2.05) is 0 Å². The minimum Gasteiger partial charge on any atom is -0.456 e. The summed E-state index contributed by atoms with van der Waals surface area (Å²) in [6, 6.07) is 26.3. The monoisotopic (exact) mass is 417 g/mol.